The first-order chi connectivity index (χ1) is 9.72. The zero-order valence-corrected chi connectivity index (χ0v) is 12.0. The Kier molecular flexibility index (Phi) is 4.03. The summed E-state index contributed by atoms with van der Waals surface area (Å²) < 4.78 is 0. The van der Waals surface area contributed by atoms with Crippen LogP contribution in [0.2, 0.25) is 0 Å². The standard InChI is InChI=1S/C15H21N3O2/c1-18(2)6-5-12-9-16-15-4-3-11(8-14(12)15)7-13-10-19-20-17-13/h3-4,8-9,13,16-17H,5-7,10H2,1-2H3. The molecule has 0 spiro atoms. The fraction of sp³-hybridized carbons (Fsp3) is 0.467. The van der Waals surface area contributed by atoms with Gasteiger partial charge < -0.3 is 9.88 Å². The number of fused-ring (bicyclic) bond motifs is 1. The predicted octanol–water partition coefficient (Wildman–Crippen LogP) is 1.65. The second-order valence-electron chi connectivity index (χ2n) is 5.63. The zero-order valence-electron chi connectivity index (χ0n) is 12.0. The second-order valence-corrected chi connectivity index (χ2v) is 5.63. The Hall–Kier alpha value is -1.40. The number of H-pyrrole nitrogens is 1. The first kappa shape index (κ1) is 13.6. The average molecular weight is 275 g/mol. The third-order valence-corrected chi connectivity index (χ3v) is 3.69. The SMILES string of the molecule is CN(C)CCc1c[nH]c2ccc(CC3COON3)cc12. The highest BCUT2D eigenvalue weighted by molar-refractivity contribution is 5.83. The molecule has 0 saturated carbocycles. The van der Waals surface area contributed by atoms with Crippen LogP contribution in [0.4, 0.5) is 0 Å². The van der Waals surface area contributed by atoms with Gasteiger partial charge in [0.2, 0.25) is 0 Å². The van der Waals surface area contributed by atoms with Crippen LogP contribution in [0.3, 0.4) is 0 Å². The molecule has 1 unspecified atom stereocenters. The van der Waals surface area contributed by atoms with Crippen LogP contribution in [0.25, 0.3) is 10.9 Å². The van der Waals surface area contributed by atoms with E-state index in [1.807, 2.05) is 0 Å². The molecular formula is C15H21N3O2. The number of rotatable bonds is 5. The highest BCUT2D eigenvalue weighted by atomic mass is 17.3. The Balaban J connectivity index is 1.78. The molecule has 1 fully saturated rings. The smallest absolute Gasteiger partial charge is 0.102 e. The highest BCUT2D eigenvalue weighted by Gasteiger charge is 2.17. The molecule has 1 aliphatic rings. The van der Waals surface area contributed by atoms with Crippen LogP contribution in [-0.4, -0.2) is 43.2 Å². The monoisotopic (exact) mass is 275 g/mol. The van der Waals surface area contributed by atoms with Crippen LogP contribution in [-0.2, 0) is 22.7 Å². The first-order valence-electron chi connectivity index (χ1n) is 7.00. The average Bonchev–Trinajstić information content (AvgIpc) is 3.05. The molecule has 1 atom stereocenters. The number of likely N-dealkylation sites (N-methyl/N-ethyl adjacent to an activating group) is 1. The van der Waals surface area contributed by atoms with Gasteiger partial charge in [0.05, 0.1) is 6.04 Å². The third-order valence-electron chi connectivity index (χ3n) is 3.69. The van der Waals surface area contributed by atoms with Gasteiger partial charge in [-0.25, -0.2) is 4.89 Å². The number of hydrogen-bond acceptors (Lipinski definition) is 4. The van der Waals surface area contributed by atoms with Gasteiger partial charge in [-0.3, -0.25) is 0 Å². The Labute approximate surface area is 118 Å². The Morgan fingerprint density at radius 2 is 2.25 bits per heavy atom. The molecule has 1 aromatic heterocycles. The lowest BCUT2D eigenvalue weighted by Gasteiger charge is -2.09. The molecule has 0 radical (unpaired) electrons. The third kappa shape index (κ3) is 3.02. The van der Waals surface area contributed by atoms with Crippen molar-refractivity contribution in [3.63, 3.8) is 0 Å². The number of benzene rings is 1. The van der Waals surface area contributed by atoms with E-state index in [0.29, 0.717) is 6.61 Å². The minimum Gasteiger partial charge on any atom is -0.361 e. The van der Waals surface area contributed by atoms with Gasteiger partial charge in [-0.15, -0.1) is 4.99 Å². The molecule has 20 heavy (non-hydrogen) atoms. The van der Waals surface area contributed by atoms with E-state index >= 15 is 0 Å². The molecule has 1 aromatic carbocycles. The Morgan fingerprint density at radius 3 is 3.00 bits per heavy atom. The van der Waals surface area contributed by atoms with Gasteiger partial charge in [-0.1, -0.05) is 6.07 Å². The molecular weight excluding hydrogens is 254 g/mol. The summed E-state index contributed by atoms with van der Waals surface area (Å²) in [5.41, 5.74) is 6.75. The van der Waals surface area contributed by atoms with Crippen molar-refractivity contribution in [3.05, 3.63) is 35.5 Å². The minimum absolute atomic E-state index is 0.233. The highest BCUT2D eigenvalue weighted by Crippen LogP contribution is 2.21. The summed E-state index contributed by atoms with van der Waals surface area (Å²) >= 11 is 0. The van der Waals surface area contributed by atoms with Gasteiger partial charge in [0.1, 0.15) is 6.61 Å². The van der Waals surface area contributed by atoms with Crippen LogP contribution < -0.4 is 5.48 Å². The number of hydroxylamine groups is 1. The fourth-order valence-electron chi connectivity index (χ4n) is 2.54. The second kappa shape index (κ2) is 5.93. The summed E-state index contributed by atoms with van der Waals surface area (Å²) in [7, 11) is 4.21. The van der Waals surface area contributed by atoms with Crippen LogP contribution in [0.5, 0.6) is 0 Å². The summed E-state index contributed by atoms with van der Waals surface area (Å²) in [6, 6.07) is 6.82. The van der Waals surface area contributed by atoms with Crippen molar-refractivity contribution in [3.8, 4) is 0 Å². The molecule has 2 aromatic rings. The van der Waals surface area contributed by atoms with Crippen molar-refractivity contribution < 1.29 is 9.88 Å². The number of aromatic amines is 1. The number of hydrogen-bond donors (Lipinski definition) is 2. The summed E-state index contributed by atoms with van der Waals surface area (Å²) in [4.78, 5) is 15.2. The lowest BCUT2D eigenvalue weighted by Crippen LogP contribution is -2.25. The van der Waals surface area contributed by atoms with Crippen molar-refractivity contribution in [2.45, 2.75) is 18.9 Å². The molecule has 108 valence electrons. The summed E-state index contributed by atoms with van der Waals surface area (Å²) in [5.74, 6) is 0. The zero-order chi connectivity index (χ0) is 13.9. The topological polar surface area (TPSA) is 49.5 Å². The molecule has 0 aliphatic carbocycles. The lowest BCUT2D eigenvalue weighted by molar-refractivity contribution is -0.285. The van der Waals surface area contributed by atoms with E-state index in [4.69, 9.17) is 9.88 Å². The molecule has 2 heterocycles. The van der Waals surface area contributed by atoms with Crippen molar-refractivity contribution in [1.29, 1.82) is 0 Å². The van der Waals surface area contributed by atoms with Crippen molar-refractivity contribution in [2.75, 3.05) is 27.2 Å². The number of nitrogens with one attached hydrogen (secondary N) is 2. The van der Waals surface area contributed by atoms with Gasteiger partial charge in [0, 0.05) is 23.6 Å². The van der Waals surface area contributed by atoms with E-state index < -0.39 is 0 Å². The fourth-order valence-corrected chi connectivity index (χ4v) is 2.54. The molecule has 1 aliphatic heterocycles. The summed E-state index contributed by atoms with van der Waals surface area (Å²) in [6.07, 6.45) is 4.09. The molecule has 0 bridgehead atoms. The maximum Gasteiger partial charge on any atom is 0.102 e. The van der Waals surface area contributed by atoms with Crippen LogP contribution in [0.15, 0.2) is 24.4 Å². The lowest BCUT2D eigenvalue weighted by atomic mass is 10.0. The number of aromatic nitrogens is 1. The maximum atomic E-state index is 4.87. The van der Waals surface area contributed by atoms with Crippen LogP contribution in [0.1, 0.15) is 11.1 Å². The number of nitrogens with zero attached hydrogens (tertiary/aromatic N) is 1. The Bertz CT molecular complexity index is 574. The van der Waals surface area contributed by atoms with Gasteiger partial charge in [-0.2, -0.15) is 5.48 Å². The van der Waals surface area contributed by atoms with Crippen LogP contribution in [0, 0.1) is 0 Å². The molecule has 5 heteroatoms. The minimum atomic E-state index is 0.233. The molecule has 3 rings (SSSR count). The van der Waals surface area contributed by atoms with Gasteiger partial charge >= 0.3 is 0 Å². The van der Waals surface area contributed by atoms with Crippen LogP contribution >= 0.6 is 0 Å². The summed E-state index contributed by atoms with van der Waals surface area (Å²) in [5, 5.41) is 1.32. The molecule has 1 saturated heterocycles. The molecule has 0 amide bonds. The van der Waals surface area contributed by atoms with E-state index in [1.54, 1.807) is 0 Å². The quantitative estimate of drug-likeness (QED) is 0.815. The van der Waals surface area contributed by atoms with E-state index in [9.17, 15) is 0 Å². The van der Waals surface area contributed by atoms with Gasteiger partial charge in [-0.05, 0) is 50.2 Å². The maximum absolute atomic E-state index is 4.87. The molecule has 5 nitrogen and oxygen atoms in total. The molecule has 2 N–H and O–H groups in total. The Morgan fingerprint density at radius 1 is 1.35 bits per heavy atom. The summed E-state index contributed by atoms with van der Waals surface area (Å²) in [6.45, 7) is 1.65. The van der Waals surface area contributed by atoms with E-state index in [-0.39, 0.29) is 6.04 Å². The van der Waals surface area contributed by atoms with Crippen molar-refractivity contribution in [2.24, 2.45) is 0 Å². The van der Waals surface area contributed by atoms with Crippen molar-refractivity contribution in [1.82, 2.24) is 15.4 Å². The van der Waals surface area contributed by atoms with E-state index in [0.717, 1.165) is 19.4 Å². The predicted molar refractivity (Wildman–Crippen MR) is 78.2 cm³/mol. The first-order valence-corrected chi connectivity index (χ1v) is 7.00. The van der Waals surface area contributed by atoms with E-state index in [2.05, 4.69) is 53.9 Å². The van der Waals surface area contributed by atoms with Crippen molar-refractivity contribution >= 4 is 10.9 Å². The van der Waals surface area contributed by atoms with E-state index in [1.165, 1.54) is 22.0 Å². The largest absolute Gasteiger partial charge is 0.361 e. The van der Waals surface area contributed by atoms with Gasteiger partial charge in [0.15, 0.2) is 0 Å². The normalized spacial score (nSPS) is 19.2. The van der Waals surface area contributed by atoms with Gasteiger partial charge in [0.25, 0.3) is 0 Å².